The zero-order valence-electron chi connectivity index (χ0n) is 15.2. The molecule has 0 spiro atoms. The van der Waals surface area contributed by atoms with E-state index < -0.39 is 5.41 Å². The molecule has 0 radical (unpaired) electrons. The number of carbonyl (C=O) groups excluding carboxylic acids is 1. The SMILES string of the molecule is Cc1ccc(Oc2ccc(NC(=O)C3(CN)CCOCC3)cn2)cc1C. The highest BCUT2D eigenvalue weighted by atomic mass is 16.5. The number of anilines is 1. The summed E-state index contributed by atoms with van der Waals surface area (Å²) in [5.74, 6) is 1.14. The van der Waals surface area contributed by atoms with Gasteiger partial charge in [-0.05, 0) is 56.0 Å². The molecule has 138 valence electrons. The van der Waals surface area contributed by atoms with Crippen LogP contribution in [0.1, 0.15) is 24.0 Å². The van der Waals surface area contributed by atoms with Crippen LogP contribution in [-0.2, 0) is 9.53 Å². The Morgan fingerprint density at radius 1 is 1.23 bits per heavy atom. The molecule has 6 heteroatoms. The molecule has 26 heavy (non-hydrogen) atoms. The molecule has 6 nitrogen and oxygen atoms in total. The van der Waals surface area contributed by atoms with Crippen molar-refractivity contribution < 1.29 is 14.3 Å². The summed E-state index contributed by atoms with van der Waals surface area (Å²) in [6.45, 7) is 5.53. The Morgan fingerprint density at radius 2 is 2.00 bits per heavy atom. The van der Waals surface area contributed by atoms with Crippen LogP contribution < -0.4 is 15.8 Å². The molecule has 0 bridgehead atoms. The quantitative estimate of drug-likeness (QED) is 0.860. The first-order valence-electron chi connectivity index (χ1n) is 8.83. The van der Waals surface area contributed by atoms with Gasteiger partial charge in [0.25, 0.3) is 0 Å². The number of ether oxygens (including phenoxy) is 2. The minimum absolute atomic E-state index is 0.0760. The molecule has 0 aliphatic carbocycles. The van der Waals surface area contributed by atoms with Crippen molar-refractivity contribution in [2.45, 2.75) is 26.7 Å². The number of hydrogen-bond acceptors (Lipinski definition) is 5. The first-order valence-corrected chi connectivity index (χ1v) is 8.83. The molecule has 0 saturated carbocycles. The highest BCUT2D eigenvalue weighted by molar-refractivity contribution is 5.95. The van der Waals surface area contributed by atoms with Gasteiger partial charge >= 0.3 is 0 Å². The zero-order valence-corrected chi connectivity index (χ0v) is 15.2. The normalized spacial score (nSPS) is 16.1. The van der Waals surface area contributed by atoms with E-state index in [-0.39, 0.29) is 5.91 Å². The minimum atomic E-state index is -0.563. The fraction of sp³-hybridized carbons (Fsp3) is 0.400. The smallest absolute Gasteiger partial charge is 0.232 e. The van der Waals surface area contributed by atoms with Crippen molar-refractivity contribution in [2.75, 3.05) is 25.1 Å². The number of nitrogens with one attached hydrogen (secondary N) is 1. The number of carbonyl (C=O) groups is 1. The lowest BCUT2D eigenvalue weighted by Crippen LogP contribution is -2.46. The fourth-order valence-electron chi connectivity index (χ4n) is 2.96. The number of benzene rings is 1. The Bertz CT molecular complexity index is 768. The van der Waals surface area contributed by atoms with Gasteiger partial charge in [0.2, 0.25) is 11.8 Å². The molecule has 1 amide bonds. The molecule has 0 unspecified atom stereocenters. The van der Waals surface area contributed by atoms with Crippen LogP contribution in [0.25, 0.3) is 0 Å². The molecule has 1 aliphatic rings. The van der Waals surface area contributed by atoms with Crippen molar-refractivity contribution in [3.05, 3.63) is 47.7 Å². The van der Waals surface area contributed by atoms with Gasteiger partial charge in [-0.3, -0.25) is 4.79 Å². The number of aryl methyl sites for hydroxylation is 2. The third kappa shape index (κ3) is 4.03. The number of pyridine rings is 1. The van der Waals surface area contributed by atoms with Gasteiger partial charge in [0.05, 0.1) is 17.3 Å². The van der Waals surface area contributed by atoms with Crippen LogP contribution in [0, 0.1) is 19.3 Å². The molecule has 0 atom stereocenters. The van der Waals surface area contributed by atoms with E-state index in [1.54, 1.807) is 18.3 Å². The summed E-state index contributed by atoms with van der Waals surface area (Å²) in [5, 5.41) is 2.92. The Labute approximate surface area is 153 Å². The van der Waals surface area contributed by atoms with Crippen LogP contribution in [0.4, 0.5) is 5.69 Å². The largest absolute Gasteiger partial charge is 0.439 e. The van der Waals surface area contributed by atoms with Crippen molar-refractivity contribution in [3.8, 4) is 11.6 Å². The predicted octanol–water partition coefficient (Wildman–Crippen LogP) is 3.18. The zero-order chi connectivity index (χ0) is 18.6. The Hall–Kier alpha value is -2.44. The summed E-state index contributed by atoms with van der Waals surface area (Å²) in [5.41, 5.74) is 8.31. The molecule has 1 fully saturated rings. The standard InChI is InChI=1S/C20H25N3O3/c1-14-3-5-17(11-15(14)2)26-18-6-4-16(12-22-18)23-19(24)20(13-21)7-9-25-10-8-20/h3-6,11-12H,7-10,13,21H2,1-2H3,(H,23,24). The lowest BCUT2D eigenvalue weighted by Gasteiger charge is -2.34. The van der Waals surface area contributed by atoms with E-state index in [0.29, 0.717) is 44.2 Å². The van der Waals surface area contributed by atoms with Gasteiger partial charge in [0, 0.05) is 25.8 Å². The maximum Gasteiger partial charge on any atom is 0.232 e. The van der Waals surface area contributed by atoms with Crippen molar-refractivity contribution in [3.63, 3.8) is 0 Å². The number of nitrogens with zero attached hydrogens (tertiary/aromatic N) is 1. The van der Waals surface area contributed by atoms with Gasteiger partial charge in [-0.15, -0.1) is 0 Å². The van der Waals surface area contributed by atoms with E-state index in [1.807, 2.05) is 25.1 Å². The Kier molecular flexibility index (Phi) is 5.54. The van der Waals surface area contributed by atoms with Crippen molar-refractivity contribution in [1.29, 1.82) is 0 Å². The second-order valence-electron chi connectivity index (χ2n) is 6.78. The van der Waals surface area contributed by atoms with Gasteiger partial charge in [0.15, 0.2) is 0 Å². The van der Waals surface area contributed by atoms with Crippen LogP contribution in [0.15, 0.2) is 36.5 Å². The third-order valence-corrected chi connectivity index (χ3v) is 5.02. The average molecular weight is 355 g/mol. The molecular formula is C20H25N3O3. The van der Waals surface area contributed by atoms with Gasteiger partial charge in [-0.1, -0.05) is 6.07 Å². The van der Waals surface area contributed by atoms with E-state index in [9.17, 15) is 4.79 Å². The molecule has 1 aromatic carbocycles. The number of nitrogens with two attached hydrogens (primary N) is 1. The third-order valence-electron chi connectivity index (χ3n) is 5.02. The van der Waals surface area contributed by atoms with E-state index in [2.05, 4.69) is 17.2 Å². The highest BCUT2D eigenvalue weighted by Gasteiger charge is 2.38. The number of amides is 1. The Morgan fingerprint density at radius 3 is 2.62 bits per heavy atom. The molecular weight excluding hydrogens is 330 g/mol. The topological polar surface area (TPSA) is 86.5 Å². The van der Waals surface area contributed by atoms with Crippen LogP contribution >= 0.6 is 0 Å². The molecule has 2 aromatic rings. The molecule has 2 heterocycles. The molecule has 3 N–H and O–H groups in total. The van der Waals surface area contributed by atoms with E-state index in [1.165, 1.54) is 5.56 Å². The monoisotopic (exact) mass is 355 g/mol. The van der Waals surface area contributed by atoms with E-state index in [0.717, 1.165) is 11.3 Å². The summed E-state index contributed by atoms with van der Waals surface area (Å²) in [6.07, 6.45) is 2.87. The van der Waals surface area contributed by atoms with Crippen molar-refractivity contribution in [2.24, 2.45) is 11.1 Å². The molecule has 3 rings (SSSR count). The van der Waals surface area contributed by atoms with Gasteiger partial charge in [-0.2, -0.15) is 0 Å². The predicted molar refractivity (Wildman–Crippen MR) is 100 cm³/mol. The minimum Gasteiger partial charge on any atom is -0.439 e. The van der Waals surface area contributed by atoms with Gasteiger partial charge in [-0.25, -0.2) is 4.98 Å². The first kappa shape index (κ1) is 18.4. The summed E-state index contributed by atoms with van der Waals surface area (Å²) in [6, 6.07) is 9.42. The maximum absolute atomic E-state index is 12.7. The van der Waals surface area contributed by atoms with Gasteiger partial charge < -0.3 is 20.5 Å². The van der Waals surface area contributed by atoms with Crippen LogP contribution in [-0.4, -0.2) is 30.6 Å². The van der Waals surface area contributed by atoms with Crippen molar-refractivity contribution in [1.82, 2.24) is 4.98 Å². The summed E-state index contributed by atoms with van der Waals surface area (Å²) < 4.78 is 11.1. The van der Waals surface area contributed by atoms with E-state index in [4.69, 9.17) is 15.2 Å². The Balaban J connectivity index is 1.65. The lowest BCUT2D eigenvalue weighted by atomic mass is 9.79. The molecule has 1 aromatic heterocycles. The number of aromatic nitrogens is 1. The molecule has 1 saturated heterocycles. The fourth-order valence-corrected chi connectivity index (χ4v) is 2.96. The highest BCUT2D eigenvalue weighted by Crippen LogP contribution is 2.31. The second kappa shape index (κ2) is 7.85. The van der Waals surface area contributed by atoms with Crippen LogP contribution in [0.3, 0.4) is 0 Å². The van der Waals surface area contributed by atoms with Crippen molar-refractivity contribution >= 4 is 11.6 Å². The number of rotatable bonds is 5. The molecule has 1 aliphatic heterocycles. The van der Waals surface area contributed by atoms with Crippen LogP contribution in [0.5, 0.6) is 11.6 Å². The van der Waals surface area contributed by atoms with Gasteiger partial charge in [0.1, 0.15) is 5.75 Å². The number of hydrogen-bond donors (Lipinski definition) is 2. The summed E-state index contributed by atoms with van der Waals surface area (Å²) in [7, 11) is 0. The average Bonchev–Trinajstić information content (AvgIpc) is 2.67. The van der Waals surface area contributed by atoms with E-state index >= 15 is 0 Å². The summed E-state index contributed by atoms with van der Waals surface area (Å²) >= 11 is 0. The maximum atomic E-state index is 12.7. The van der Waals surface area contributed by atoms with Crippen LogP contribution in [0.2, 0.25) is 0 Å². The second-order valence-corrected chi connectivity index (χ2v) is 6.78. The first-order chi connectivity index (χ1) is 12.5. The lowest BCUT2D eigenvalue weighted by molar-refractivity contribution is -0.130. The summed E-state index contributed by atoms with van der Waals surface area (Å²) in [4.78, 5) is 16.9.